The molecule has 3 rings (SSSR count). The Morgan fingerprint density at radius 1 is 1.23 bits per heavy atom. The van der Waals surface area contributed by atoms with Gasteiger partial charge in [0.25, 0.3) is 0 Å². The third-order valence-electron chi connectivity index (χ3n) is 4.70. The van der Waals surface area contributed by atoms with Crippen LogP contribution in [0.3, 0.4) is 0 Å². The molecule has 0 saturated heterocycles. The van der Waals surface area contributed by atoms with Crippen LogP contribution in [0.5, 0.6) is 0 Å². The molecule has 1 aliphatic heterocycles. The van der Waals surface area contributed by atoms with E-state index in [0.29, 0.717) is 18.1 Å². The SMILES string of the molecule is CCOC(=O)C1=C(COC(=O)CCn2nc(C)cc2C)NC(=O)N[C@H]1c1ccc(C)o1. The molecule has 0 spiro atoms. The highest BCUT2D eigenvalue weighted by Gasteiger charge is 2.36. The number of urea groups is 1. The molecular formula is C21H26N4O6. The number of amides is 2. The summed E-state index contributed by atoms with van der Waals surface area (Å²) in [6, 6.07) is 3.92. The maximum Gasteiger partial charge on any atom is 0.338 e. The number of nitrogens with one attached hydrogen (secondary N) is 2. The van der Waals surface area contributed by atoms with Gasteiger partial charge in [0.1, 0.15) is 24.2 Å². The van der Waals surface area contributed by atoms with Crippen LogP contribution >= 0.6 is 0 Å². The van der Waals surface area contributed by atoms with Crippen molar-refractivity contribution in [1.82, 2.24) is 20.4 Å². The summed E-state index contributed by atoms with van der Waals surface area (Å²) in [4.78, 5) is 37.1. The van der Waals surface area contributed by atoms with Crippen molar-refractivity contribution in [1.29, 1.82) is 0 Å². The lowest BCUT2D eigenvalue weighted by atomic mass is 10.0. The highest BCUT2D eigenvalue weighted by molar-refractivity contribution is 5.95. The van der Waals surface area contributed by atoms with E-state index in [1.807, 2.05) is 19.9 Å². The summed E-state index contributed by atoms with van der Waals surface area (Å²) in [6.45, 7) is 7.45. The molecule has 0 aliphatic carbocycles. The average Bonchev–Trinajstić information content (AvgIpc) is 3.28. The molecule has 0 saturated carbocycles. The number of furan rings is 1. The van der Waals surface area contributed by atoms with Gasteiger partial charge in [-0.1, -0.05) is 0 Å². The monoisotopic (exact) mass is 430 g/mol. The molecule has 166 valence electrons. The van der Waals surface area contributed by atoms with Gasteiger partial charge in [-0.25, -0.2) is 9.59 Å². The third kappa shape index (κ3) is 5.33. The zero-order valence-corrected chi connectivity index (χ0v) is 18.0. The van der Waals surface area contributed by atoms with Gasteiger partial charge in [-0.15, -0.1) is 0 Å². The van der Waals surface area contributed by atoms with E-state index in [1.54, 1.807) is 30.7 Å². The van der Waals surface area contributed by atoms with Crippen LogP contribution in [0.25, 0.3) is 0 Å². The van der Waals surface area contributed by atoms with Crippen molar-refractivity contribution >= 4 is 18.0 Å². The largest absolute Gasteiger partial charge is 0.464 e. The Labute approximate surface area is 179 Å². The Balaban J connectivity index is 1.75. The smallest absolute Gasteiger partial charge is 0.338 e. The van der Waals surface area contributed by atoms with Gasteiger partial charge in [-0.3, -0.25) is 9.48 Å². The molecule has 0 radical (unpaired) electrons. The molecule has 0 aromatic carbocycles. The minimum atomic E-state index is -0.857. The second-order valence-corrected chi connectivity index (χ2v) is 7.15. The van der Waals surface area contributed by atoms with E-state index in [4.69, 9.17) is 13.9 Å². The molecule has 31 heavy (non-hydrogen) atoms. The van der Waals surface area contributed by atoms with Crippen LogP contribution in [0.1, 0.15) is 42.3 Å². The summed E-state index contributed by atoms with van der Waals surface area (Å²) < 4.78 is 17.8. The van der Waals surface area contributed by atoms with Gasteiger partial charge in [-0.05, 0) is 45.9 Å². The maximum atomic E-state index is 12.6. The normalized spacial score (nSPS) is 16.0. The van der Waals surface area contributed by atoms with Crippen LogP contribution in [0, 0.1) is 20.8 Å². The number of hydrogen-bond acceptors (Lipinski definition) is 7. The van der Waals surface area contributed by atoms with Gasteiger partial charge >= 0.3 is 18.0 Å². The van der Waals surface area contributed by atoms with Crippen molar-refractivity contribution < 1.29 is 28.3 Å². The molecule has 1 aliphatic rings. The Bertz CT molecular complexity index is 1020. The predicted molar refractivity (Wildman–Crippen MR) is 109 cm³/mol. The maximum absolute atomic E-state index is 12.6. The van der Waals surface area contributed by atoms with Crippen molar-refractivity contribution in [2.45, 2.75) is 46.7 Å². The fraction of sp³-hybridized carbons (Fsp3) is 0.429. The van der Waals surface area contributed by atoms with Crippen LogP contribution in [-0.2, 0) is 25.6 Å². The first-order valence-corrected chi connectivity index (χ1v) is 9.99. The van der Waals surface area contributed by atoms with Crippen LogP contribution in [0.4, 0.5) is 4.79 Å². The fourth-order valence-electron chi connectivity index (χ4n) is 3.33. The van der Waals surface area contributed by atoms with E-state index in [-0.39, 0.29) is 30.9 Å². The number of rotatable bonds is 8. The minimum Gasteiger partial charge on any atom is -0.464 e. The molecule has 2 aromatic heterocycles. The number of carbonyl (C=O) groups excluding carboxylic acids is 3. The molecule has 10 heteroatoms. The van der Waals surface area contributed by atoms with Gasteiger partial charge < -0.3 is 24.5 Å². The molecule has 1 atom stereocenters. The quantitative estimate of drug-likeness (QED) is 0.615. The third-order valence-corrected chi connectivity index (χ3v) is 4.70. The van der Waals surface area contributed by atoms with Crippen molar-refractivity contribution in [2.24, 2.45) is 0 Å². The molecule has 0 fully saturated rings. The van der Waals surface area contributed by atoms with E-state index < -0.39 is 24.0 Å². The standard InChI is InChI=1S/C21H26N4O6/c1-5-29-20(27)18-15(22-21(28)23-19(18)16-7-6-14(4)31-16)11-30-17(26)8-9-25-13(3)10-12(2)24-25/h6-7,10,19H,5,8-9,11H2,1-4H3,(H2,22,23,28)/t19-/m0/s1. The summed E-state index contributed by atoms with van der Waals surface area (Å²) in [6.07, 6.45) is 0.0942. The van der Waals surface area contributed by atoms with Crippen LogP contribution in [-0.4, -0.2) is 41.0 Å². The summed E-state index contributed by atoms with van der Waals surface area (Å²) in [5, 5.41) is 9.51. The van der Waals surface area contributed by atoms with E-state index in [9.17, 15) is 14.4 Å². The Morgan fingerprint density at radius 2 is 2.00 bits per heavy atom. The number of ether oxygens (including phenoxy) is 2. The lowest BCUT2D eigenvalue weighted by molar-refractivity contribution is -0.144. The van der Waals surface area contributed by atoms with E-state index >= 15 is 0 Å². The number of carbonyl (C=O) groups is 3. The van der Waals surface area contributed by atoms with Gasteiger partial charge in [0.05, 0.1) is 36.5 Å². The summed E-state index contributed by atoms with van der Waals surface area (Å²) in [5.74, 6) is -0.115. The number of aryl methyl sites for hydroxylation is 4. The number of esters is 2. The molecule has 10 nitrogen and oxygen atoms in total. The van der Waals surface area contributed by atoms with Gasteiger partial charge in [0.15, 0.2) is 0 Å². The van der Waals surface area contributed by atoms with Crippen molar-refractivity contribution in [3.8, 4) is 0 Å². The Morgan fingerprint density at radius 3 is 2.61 bits per heavy atom. The number of hydrogen-bond donors (Lipinski definition) is 2. The summed E-state index contributed by atoms with van der Waals surface area (Å²) in [7, 11) is 0. The topological polar surface area (TPSA) is 125 Å². The average molecular weight is 430 g/mol. The first kappa shape index (κ1) is 22.1. The highest BCUT2D eigenvalue weighted by Crippen LogP contribution is 2.29. The molecular weight excluding hydrogens is 404 g/mol. The molecule has 2 N–H and O–H groups in total. The number of nitrogens with zero attached hydrogens (tertiary/aromatic N) is 2. The zero-order valence-electron chi connectivity index (χ0n) is 18.0. The van der Waals surface area contributed by atoms with Crippen molar-refractivity contribution in [3.63, 3.8) is 0 Å². The molecule has 0 unspecified atom stereocenters. The van der Waals surface area contributed by atoms with Gasteiger partial charge in [0, 0.05) is 5.69 Å². The Hall–Kier alpha value is -3.56. The predicted octanol–water partition coefficient (Wildman–Crippen LogP) is 2.21. The van der Waals surface area contributed by atoms with Crippen LogP contribution in [0.2, 0.25) is 0 Å². The molecule has 2 amide bonds. The zero-order chi connectivity index (χ0) is 22.5. The molecule has 3 heterocycles. The minimum absolute atomic E-state index is 0.0942. The lowest BCUT2D eigenvalue weighted by Gasteiger charge is -2.27. The Kier molecular flexibility index (Phi) is 6.78. The van der Waals surface area contributed by atoms with E-state index in [1.165, 1.54) is 0 Å². The van der Waals surface area contributed by atoms with Crippen LogP contribution in [0.15, 0.2) is 33.9 Å². The van der Waals surface area contributed by atoms with Gasteiger partial charge in [-0.2, -0.15) is 5.10 Å². The second-order valence-electron chi connectivity index (χ2n) is 7.15. The second kappa shape index (κ2) is 9.50. The first-order valence-electron chi connectivity index (χ1n) is 9.99. The van der Waals surface area contributed by atoms with Crippen molar-refractivity contribution in [2.75, 3.05) is 13.2 Å². The fourth-order valence-corrected chi connectivity index (χ4v) is 3.33. The molecule has 0 bridgehead atoms. The van der Waals surface area contributed by atoms with Crippen LogP contribution < -0.4 is 10.6 Å². The van der Waals surface area contributed by atoms with Crippen molar-refractivity contribution in [3.05, 3.63) is 52.4 Å². The molecule has 2 aromatic rings. The number of aromatic nitrogens is 2. The first-order chi connectivity index (χ1) is 14.8. The van der Waals surface area contributed by atoms with E-state index in [0.717, 1.165) is 11.4 Å². The highest BCUT2D eigenvalue weighted by atomic mass is 16.5. The van der Waals surface area contributed by atoms with Gasteiger partial charge in [0.2, 0.25) is 0 Å². The summed E-state index contributed by atoms with van der Waals surface area (Å²) in [5.41, 5.74) is 2.09. The summed E-state index contributed by atoms with van der Waals surface area (Å²) >= 11 is 0. The lowest BCUT2D eigenvalue weighted by Crippen LogP contribution is -2.47. The van der Waals surface area contributed by atoms with E-state index in [2.05, 4.69) is 15.7 Å².